The number of aromatic carboxylic acids is 1. The molecule has 36 heavy (non-hydrogen) atoms. The van der Waals surface area contributed by atoms with Gasteiger partial charge in [0, 0.05) is 11.8 Å². The van der Waals surface area contributed by atoms with E-state index in [2.05, 4.69) is 19.9 Å². The Balaban J connectivity index is 1.41. The fourth-order valence-corrected chi connectivity index (χ4v) is 4.90. The number of carboxylic acids is 3. The van der Waals surface area contributed by atoms with Gasteiger partial charge in [-0.25, -0.2) is 28.7 Å². The van der Waals surface area contributed by atoms with Crippen molar-refractivity contribution in [3.8, 4) is 0 Å². The minimum atomic E-state index is -3.02. The molecule has 5 atom stereocenters. The van der Waals surface area contributed by atoms with Crippen LogP contribution in [0.1, 0.15) is 21.7 Å². The fraction of sp³-hybridized carbons (Fsp3) is 0.389. The summed E-state index contributed by atoms with van der Waals surface area (Å²) in [6.45, 7) is 0. The lowest BCUT2D eigenvalue weighted by molar-refractivity contribution is -0.194. The first-order chi connectivity index (χ1) is 16.9. The summed E-state index contributed by atoms with van der Waals surface area (Å²) in [4.78, 5) is 50.4. The Morgan fingerprint density at radius 2 is 1.97 bits per heavy atom. The molecule has 0 radical (unpaired) electrons. The molecule has 0 spiro atoms. The van der Waals surface area contributed by atoms with E-state index in [1.165, 1.54) is 0 Å². The number of fused-ring (bicyclic) bond motifs is 2. The molecule has 4 heterocycles. The van der Waals surface area contributed by atoms with Crippen LogP contribution in [-0.4, -0.2) is 92.4 Å². The lowest BCUT2D eigenvalue weighted by atomic mass is 9.97. The number of halogens is 2. The van der Waals surface area contributed by atoms with Crippen LogP contribution in [0.15, 0.2) is 11.7 Å². The third kappa shape index (κ3) is 3.39. The number of imidazole rings is 1. The van der Waals surface area contributed by atoms with Crippen LogP contribution < -0.4 is 5.73 Å². The van der Waals surface area contributed by atoms with E-state index in [1.54, 1.807) is 0 Å². The normalized spacial score (nSPS) is 27.2. The zero-order valence-corrected chi connectivity index (χ0v) is 19.1. The van der Waals surface area contributed by atoms with Crippen LogP contribution in [-0.2, 0) is 25.5 Å². The zero-order chi connectivity index (χ0) is 26.2. The summed E-state index contributed by atoms with van der Waals surface area (Å²) in [5, 5.41) is 39.9. The van der Waals surface area contributed by atoms with Gasteiger partial charge in [0.05, 0.1) is 12.0 Å². The fourth-order valence-electron chi connectivity index (χ4n) is 4.08. The average Bonchev–Trinajstić information content (AvgIpc) is 3.24. The zero-order valence-electron chi connectivity index (χ0n) is 17.5. The van der Waals surface area contributed by atoms with Gasteiger partial charge in [0.2, 0.25) is 10.3 Å². The quantitative estimate of drug-likeness (QED) is 0.181. The van der Waals surface area contributed by atoms with Gasteiger partial charge in [0.25, 0.3) is 5.60 Å². The number of hydrogen-bond acceptors (Lipinski definition) is 12. The Hall–Kier alpha value is -3.51. The number of nitrogens with two attached hydrogens (primary N) is 1. The highest BCUT2D eigenvalue weighted by molar-refractivity contribution is 7.11. The standard InChI is InChI=1S/C18H14ClFN6O9S/c19-16-24-9(21)5-10(25-16)26(3-22-5)12-6(20)18(33)7(34-12)8(18)35-17(14(29)30,15(31)32)1-4-2-36-11(23-4)13(27)28/h2-3,6-8,12,33H,1H2,(H,27,28)(H,29,30)(H,31,32)(H2,21,24,25)/t6-,7-,8?,12-,18+/m1/s1. The molecule has 1 unspecified atom stereocenters. The number of carbonyl (C=O) groups is 3. The third-order valence-corrected chi connectivity index (χ3v) is 6.98. The number of anilines is 1. The number of rotatable bonds is 8. The van der Waals surface area contributed by atoms with E-state index in [4.69, 9.17) is 31.9 Å². The van der Waals surface area contributed by atoms with Gasteiger partial charge < -0.3 is 35.6 Å². The molecule has 1 saturated heterocycles. The molecule has 5 rings (SSSR count). The van der Waals surface area contributed by atoms with Crippen molar-refractivity contribution >= 4 is 57.8 Å². The second-order valence-electron chi connectivity index (χ2n) is 8.04. The molecular weight excluding hydrogens is 531 g/mol. The molecule has 0 aromatic carbocycles. The maximum Gasteiger partial charge on any atom is 0.365 e. The lowest BCUT2D eigenvalue weighted by Gasteiger charge is -2.28. The number of alkyl halides is 1. The predicted octanol–water partition coefficient (Wildman–Crippen LogP) is -0.267. The van der Waals surface area contributed by atoms with Crippen molar-refractivity contribution in [1.29, 1.82) is 0 Å². The number of aliphatic hydroxyl groups is 1. The Kier molecular flexibility index (Phi) is 5.38. The SMILES string of the molecule is Nc1nc(Cl)nc2c1ncn2[C@@H]1O[C@@H]2C(OC(Cc3csc(C(=O)O)n3)(C(=O)O)C(=O)O)[C@]2(O)[C@@H]1F. The first-order valence-corrected chi connectivity index (χ1v) is 11.2. The molecule has 0 amide bonds. The van der Waals surface area contributed by atoms with E-state index < -0.39 is 65.1 Å². The van der Waals surface area contributed by atoms with Crippen LogP contribution in [0.5, 0.6) is 0 Å². The summed E-state index contributed by atoms with van der Waals surface area (Å²) in [6.07, 6.45) is -6.65. The van der Waals surface area contributed by atoms with E-state index >= 15 is 4.39 Å². The van der Waals surface area contributed by atoms with Gasteiger partial charge in [-0.05, 0) is 11.6 Å². The molecule has 18 heteroatoms. The topological polar surface area (TPSA) is 233 Å². The molecule has 1 saturated carbocycles. The summed E-state index contributed by atoms with van der Waals surface area (Å²) in [7, 11) is 0. The van der Waals surface area contributed by atoms with Gasteiger partial charge in [-0.1, -0.05) is 0 Å². The molecule has 6 N–H and O–H groups in total. The van der Waals surface area contributed by atoms with Crippen molar-refractivity contribution in [2.45, 2.75) is 42.2 Å². The van der Waals surface area contributed by atoms with Gasteiger partial charge in [0.15, 0.2) is 29.5 Å². The van der Waals surface area contributed by atoms with Crippen LogP contribution in [0.2, 0.25) is 5.28 Å². The Morgan fingerprint density at radius 1 is 1.28 bits per heavy atom. The number of hydrogen-bond donors (Lipinski definition) is 5. The minimum Gasteiger partial charge on any atom is -0.479 e. The summed E-state index contributed by atoms with van der Waals surface area (Å²) in [6, 6.07) is 0. The van der Waals surface area contributed by atoms with Crippen molar-refractivity contribution in [3.05, 3.63) is 27.7 Å². The number of aliphatic carboxylic acids is 2. The summed E-state index contributed by atoms with van der Waals surface area (Å²) in [5.74, 6) is -5.41. The number of aromatic nitrogens is 5. The van der Waals surface area contributed by atoms with Crippen LogP contribution in [0.25, 0.3) is 11.2 Å². The second-order valence-corrected chi connectivity index (χ2v) is 9.24. The van der Waals surface area contributed by atoms with E-state index in [9.17, 15) is 29.7 Å². The number of carboxylic acid groups (broad SMARTS) is 3. The van der Waals surface area contributed by atoms with Gasteiger partial charge in [0.1, 0.15) is 17.7 Å². The predicted molar refractivity (Wildman–Crippen MR) is 114 cm³/mol. The van der Waals surface area contributed by atoms with Crippen molar-refractivity contribution in [1.82, 2.24) is 24.5 Å². The highest BCUT2D eigenvalue weighted by Crippen LogP contribution is 2.58. The average molecular weight is 545 g/mol. The molecule has 1 aliphatic carbocycles. The maximum absolute atomic E-state index is 15.5. The van der Waals surface area contributed by atoms with Crippen molar-refractivity contribution < 1.29 is 48.7 Å². The molecule has 15 nitrogen and oxygen atoms in total. The van der Waals surface area contributed by atoms with Gasteiger partial charge >= 0.3 is 17.9 Å². The molecule has 3 aromatic rings. The van der Waals surface area contributed by atoms with E-state index in [0.29, 0.717) is 11.3 Å². The van der Waals surface area contributed by atoms with Crippen LogP contribution in [0, 0.1) is 0 Å². The van der Waals surface area contributed by atoms with Gasteiger partial charge in [-0.15, -0.1) is 11.3 Å². The third-order valence-electron chi connectivity index (χ3n) is 5.93. The number of thiazole rings is 1. The van der Waals surface area contributed by atoms with E-state index in [1.807, 2.05) is 0 Å². The Labute approximate surface area is 206 Å². The van der Waals surface area contributed by atoms with Crippen LogP contribution in [0.3, 0.4) is 0 Å². The molecule has 2 aliphatic rings. The monoisotopic (exact) mass is 544 g/mol. The number of nitrogen functional groups attached to an aromatic ring is 1. The first kappa shape index (κ1) is 24.2. The highest BCUT2D eigenvalue weighted by Gasteiger charge is 2.80. The maximum atomic E-state index is 15.5. The van der Waals surface area contributed by atoms with Crippen molar-refractivity contribution in [2.75, 3.05) is 5.73 Å². The van der Waals surface area contributed by atoms with E-state index in [-0.39, 0.29) is 28.0 Å². The first-order valence-electron chi connectivity index (χ1n) is 9.90. The van der Waals surface area contributed by atoms with E-state index in [0.717, 1.165) is 16.3 Å². The van der Waals surface area contributed by atoms with Crippen molar-refractivity contribution in [3.63, 3.8) is 0 Å². The summed E-state index contributed by atoms with van der Waals surface area (Å²) in [5.41, 5.74) is 0.198. The summed E-state index contributed by atoms with van der Waals surface area (Å²) >= 11 is 6.46. The lowest BCUT2D eigenvalue weighted by Crippen LogP contribution is -2.53. The van der Waals surface area contributed by atoms with Crippen LogP contribution in [0.4, 0.5) is 10.2 Å². The minimum absolute atomic E-state index is 0.00528. The molecule has 1 aliphatic heterocycles. The van der Waals surface area contributed by atoms with Crippen LogP contribution >= 0.6 is 22.9 Å². The van der Waals surface area contributed by atoms with Gasteiger partial charge in [-0.2, -0.15) is 9.97 Å². The number of nitrogens with zero attached hydrogens (tertiary/aromatic N) is 5. The second kappa shape index (κ2) is 8.00. The molecule has 0 bridgehead atoms. The summed E-state index contributed by atoms with van der Waals surface area (Å²) < 4.78 is 27.4. The molecule has 2 fully saturated rings. The molecule has 3 aromatic heterocycles. The Bertz CT molecular complexity index is 1420. The molecule has 190 valence electrons. The highest BCUT2D eigenvalue weighted by atomic mass is 35.5. The van der Waals surface area contributed by atoms with Crippen molar-refractivity contribution in [2.24, 2.45) is 0 Å². The van der Waals surface area contributed by atoms with Gasteiger partial charge in [-0.3, -0.25) is 4.57 Å². The molecular formula is C18H14ClFN6O9S. The smallest absolute Gasteiger partial charge is 0.365 e. The Morgan fingerprint density at radius 3 is 2.53 bits per heavy atom. The number of ether oxygens (including phenoxy) is 2. The largest absolute Gasteiger partial charge is 0.479 e.